The molecule has 2 aromatic rings. The van der Waals surface area contributed by atoms with E-state index >= 15 is 0 Å². The lowest BCUT2D eigenvalue weighted by Gasteiger charge is -2.17. The SMILES string of the molecule is CN(CC(=O)Nc1cccc(F)c1)C(=O)COc1ccc(C2SCCS2)cc1. The number of hydrogen-bond acceptors (Lipinski definition) is 5. The standard InChI is InChI=1S/C20H21FN2O3S2/c1-23(12-18(24)22-16-4-2-3-15(21)11-16)19(25)13-26-17-7-5-14(6-8-17)20-27-9-10-28-20/h2-8,11,20H,9-10,12-13H2,1H3,(H,22,24). The van der Waals surface area contributed by atoms with Crippen molar-refractivity contribution in [1.82, 2.24) is 4.90 Å². The molecule has 1 fully saturated rings. The molecule has 3 rings (SSSR count). The minimum atomic E-state index is -0.438. The smallest absolute Gasteiger partial charge is 0.260 e. The third kappa shape index (κ3) is 5.90. The maximum Gasteiger partial charge on any atom is 0.260 e. The zero-order chi connectivity index (χ0) is 19.9. The highest BCUT2D eigenvalue weighted by molar-refractivity contribution is 8.19. The van der Waals surface area contributed by atoms with E-state index in [-0.39, 0.29) is 19.1 Å². The average Bonchev–Trinajstić information content (AvgIpc) is 3.21. The third-order valence-corrected chi connectivity index (χ3v) is 7.16. The Kier molecular flexibility index (Phi) is 7.22. The predicted molar refractivity (Wildman–Crippen MR) is 112 cm³/mol. The van der Waals surface area contributed by atoms with Gasteiger partial charge in [0.2, 0.25) is 5.91 Å². The first-order valence-electron chi connectivity index (χ1n) is 8.76. The van der Waals surface area contributed by atoms with E-state index in [2.05, 4.69) is 5.32 Å². The van der Waals surface area contributed by atoms with Gasteiger partial charge in [-0.05, 0) is 35.9 Å². The van der Waals surface area contributed by atoms with Gasteiger partial charge in [0, 0.05) is 24.2 Å². The average molecular weight is 421 g/mol. The fraction of sp³-hybridized carbons (Fsp3) is 0.300. The molecule has 0 atom stereocenters. The Morgan fingerprint density at radius 2 is 1.89 bits per heavy atom. The lowest BCUT2D eigenvalue weighted by atomic mass is 10.2. The van der Waals surface area contributed by atoms with E-state index in [0.717, 1.165) is 0 Å². The van der Waals surface area contributed by atoms with Crippen LogP contribution in [0.4, 0.5) is 10.1 Å². The van der Waals surface area contributed by atoms with Gasteiger partial charge < -0.3 is 15.0 Å². The fourth-order valence-corrected chi connectivity index (χ4v) is 5.46. The Balaban J connectivity index is 1.44. The number of hydrogen-bond donors (Lipinski definition) is 1. The lowest BCUT2D eigenvalue weighted by molar-refractivity contribution is -0.135. The van der Waals surface area contributed by atoms with E-state index in [1.54, 1.807) is 6.07 Å². The second kappa shape index (κ2) is 9.84. The number of anilines is 1. The van der Waals surface area contributed by atoms with Crippen molar-refractivity contribution in [2.45, 2.75) is 4.58 Å². The number of carbonyl (C=O) groups is 2. The molecule has 2 amide bonds. The topological polar surface area (TPSA) is 58.6 Å². The van der Waals surface area contributed by atoms with Crippen LogP contribution in [0.1, 0.15) is 10.1 Å². The fourth-order valence-electron chi connectivity index (χ4n) is 2.60. The molecule has 0 radical (unpaired) electrons. The highest BCUT2D eigenvalue weighted by Crippen LogP contribution is 2.45. The summed E-state index contributed by atoms with van der Waals surface area (Å²) in [7, 11) is 1.52. The summed E-state index contributed by atoms with van der Waals surface area (Å²) in [6.07, 6.45) is 0. The number of benzene rings is 2. The molecule has 1 saturated heterocycles. The highest BCUT2D eigenvalue weighted by atomic mass is 32.2. The Morgan fingerprint density at radius 3 is 2.57 bits per heavy atom. The van der Waals surface area contributed by atoms with Crippen molar-refractivity contribution in [2.24, 2.45) is 0 Å². The zero-order valence-corrected chi connectivity index (χ0v) is 17.0. The van der Waals surface area contributed by atoms with Gasteiger partial charge in [0.25, 0.3) is 5.91 Å². The molecule has 1 N–H and O–H groups in total. The van der Waals surface area contributed by atoms with E-state index in [1.807, 2.05) is 47.8 Å². The van der Waals surface area contributed by atoms with Gasteiger partial charge in [-0.15, -0.1) is 23.5 Å². The molecule has 0 unspecified atom stereocenters. The normalized spacial score (nSPS) is 13.9. The molecule has 28 heavy (non-hydrogen) atoms. The summed E-state index contributed by atoms with van der Waals surface area (Å²) in [5.74, 6) is 1.79. The van der Waals surface area contributed by atoms with E-state index in [1.165, 1.54) is 47.2 Å². The number of thioether (sulfide) groups is 2. The Hall–Kier alpha value is -2.19. The van der Waals surface area contributed by atoms with Crippen LogP contribution < -0.4 is 10.1 Å². The summed E-state index contributed by atoms with van der Waals surface area (Å²) in [6.45, 7) is -0.302. The molecule has 5 nitrogen and oxygen atoms in total. The highest BCUT2D eigenvalue weighted by Gasteiger charge is 2.18. The van der Waals surface area contributed by atoms with Crippen LogP contribution in [-0.4, -0.2) is 48.4 Å². The molecule has 148 valence electrons. The maximum atomic E-state index is 13.1. The minimum absolute atomic E-state index is 0.145. The van der Waals surface area contributed by atoms with E-state index in [4.69, 9.17) is 4.74 Å². The van der Waals surface area contributed by atoms with Crippen LogP contribution in [-0.2, 0) is 9.59 Å². The van der Waals surface area contributed by atoms with Crippen molar-refractivity contribution in [1.29, 1.82) is 0 Å². The molecule has 0 aromatic heterocycles. The lowest BCUT2D eigenvalue weighted by Crippen LogP contribution is -2.37. The second-order valence-corrected chi connectivity index (χ2v) is 8.96. The van der Waals surface area contributed by atoms with Gasteiger partial charge >= 0.3 is 0 Å². The first-order chi connectivity index (χ1) is 13.5. The number of amides is 2. The number of nitrogens with one attached hydrogen (secondary N) is 1. The predicted octanol–water partition coefficient (Wildman–Crippen LogP) is 3.78. The van der Waals surface area contributed by atoms with Crippen LogP contribution in [0.25, 0.3) is 0 Å². The summed E-state index contributed by atoms with van der Waals surface area (Å²) < 4.78 is 19.2. The maximum absolute atomic E-state index is 13.1. The molecule has 2 aromatic carbocycles. The number of rotatable bonds is 7. The molecular weight excluding hydrogens is 399 g/mol. The van der Waals surface area contributed by atoms with Crippen molar-refractivity contribution in [2.75, 3.05) is 37.0 Å². The minimum Gasteiger partial charge on any atom is -0.484 e. The van der Waals surface area contributed by atoms with Crippen molar-refractivity contribution in [3.63, 3.8) is 0 Å². The van der Waals surface area contributed by atoms with E-state index in [0.29, 0.717) is 16.0 Å². The molecule has 1 aliphatic rings. The molecule has 1 heterocycles. The first kappa shape index (κ1) is 20.5. The van der Waals surface area contributed by atoms with Crippen molar-refractivity contribution >= 4 is 41.0 Å². The third-order valence-electron chi connectivity index (χ3n) is 4.05. The molecule has 8 heteroatoms. The van der Waals surface area contributed by atoms with E-state index in [9.17, 15) is 14.0 Å². The summed E-state index contributed by atoms with van der Waals surface area (Å²) in [5.41, 5.74) is 1.60. The van der Waals surface area contributed by atoms with Gasteiger partial charge in [0.1, 0.15) is 11.6 Å². The summed E-state index contributed by atoms with van der Waals surface area (Å²) >= 11 is 3.87. The van der Waals surface area contributed by atoms with E-state index < -0.39 is 11.7 Å². The van der Waals surface area contributed by atoms with Gasteiger partial charge in [0.05, 0.1) is 11.1 Å². The van der Waals surface area contributed by atoms with Gasteiger partial charge in [0.15, 0.2) is 6.61 Å². The molecule has 0 spiro atoms. The van der Waals surface area contributed by atoms with Crippen LogP contribution in [0.15, 0.2) is 48.5 Å². The summed E-state index contributed by atoms with van der Waals surface area (Å²) in [4.78, 5) is 25.5. The van der Waals surface area contributed by atoms with Crippen LogP contribution in [0.3, 0.4) is 0 Å². The quantitative estimate of drug-likeness (QED) is 0.739. The van der Waals surface area contributed by atoms with Crippen LogP contribution >= 0.6 is 23.5 Å². The Bertz CT molecular complexity index is 826. The zero-order valence-electron chi connectivity index (χ0n) is 15.4. The van der Waals surface area contributed by atoms with Crippen molar-refractivity contribution < 1.29 is 18.7 Å². The van der Waals surface area contributed by atoms with Gasteiger partial charge in [-0.25, -0.2) is 4.39 Å². The first-order valence-corrected chi connectivity index (χ1v) is 10.9. The molecule has 0 saturated carbocycles. The monoisotopic (exact) mass is 420 g/mol. The van der Waals surface area contributed by atoms with Gasteiger partial charge in [-0.2, -0.15) is 0 Å². The molecule has 1 aliphatic heterocycles. The number of ether oxygens (including phenoxy) is 1. The van der Waals surface area contributed by atoms with Crippen LogP contribution in [0.2, 0.25) is 0 Å². The number of likely N-dealkylation sites (N-methyl/N-ethyl adjacent to an activating group) is 1. The largest absolute Gasteiger partial charge is 0.484 e. The molecular formula is C20H21FN2O3S2. The summed E-state index contributed by atoms with van der Waals surface area (Å²) in [5, 5.41) is 2.56. The van der Waals surface area contributed by atoms with Crippen molar-refractivity contribution in [3.8, 4) is 5.75 Å². The summed E-state index contributed by atoms with van der Waals surface area (Å²) in [6, 6.07) is 13.4. The molecule has 0 aliphatic carbocycles. The van der Waals surface area contributed by atoms with Crippen LogP contribution in [0.5, 0.6) is 5.75 Å². The molecule has 0 bridgehead atoms. The van der Waals surface area contributed by atoms with Crippen molar-refractivity contribution in [3.05, 3.63) is 59.9 Å². The Morgan fingerprint density at radius 1 is 1.18 bits per heavy atom. The van der Waals surface area contributed by atoms with Gasteiger partial charge in [-0.1, -0.05) is 18.2 Å². The van der Waals surface area contributed by atoms with Crippen LogP contribution in [0, 0.1) is 5.82 Å². The Labute approximate surface area is 172 Å². The number of nitrogens with zero attached hydrogens (tertiary/aromatic N) is 1. The second-order valence-electron chi connectivity index (χ2n) is 6.24. The number of halogens is 1. The van der Waals surface area contributed by atoms with Gasteiger partial charge in [-0.3, -0.25) is 9.59 Å². The number of carbonyl (C=O) groups excluding carboxylic acids is 2.